The van der Waals surface area contributed by atoms with Crippen LogP contribution < -0.4 is 15.2 Å². The second-order valence-corrected chi connectivity index (χ2v) is 6.52. The van der Waals surface area contributed by atoms with Crippen molar-refractivity contribution in [3.05, 3.63) is 53.1 Å². The zero-order valence-electron chi connectivity index (χ0n) is 14.8. The van der Waals surface area contributed by atoms with E-state index < -0.39 is 0 Å². The van der Waals surface area contributed by atoms with Crippen LogP contribution in [0.1, 0.15) is 37.5 Å². The molecule has 23 heavy (non-hydrogen) atoms. The fraction of sp³-hybridized carbons (Fsp3) is 0.400. The van der Waals surface area contributed by atoms with Crippen LogP contribution in [0.2, 0.25) is 0 Å². The number of nitrogens with two attached hydrogens (primary N) is 1. The van der Waals surface area contributed by atoms with Gasteiger partial charge in [-0.1, -0.05) is 39.0 Å². The molecule has 0 aliphatic rings. The largest absolute Gasteiger partial charge is 0.496 e. The predicted octanol–water partition coefficient (Wildman–Crippen LogP) is 4.37. The molecular weight excluding hydrogens is 286 g/mol. The number of hydrogen-bond donors (Lipinski definition) is 1. The highest BCUT2D eigenvalue weighted by Crippen LogP contribution is 2.36. The van der Waals surface area contributed by atoms with Crippen molar-refractivity contribution in [1.82, 2.24) is 0 Å². The van der Waals surface area contributed by atoms with Gasteiger partial charge >= 0.3 is 0 Å². The average molecular weight is 313 g/mol. The number of benzene rings is 2. The van der Waals surface area contributed by atoms with Crippen LogP contribution in [0, 0.1) is 0 Å². The molecule has 0 unspecified atom stereocenters. The lowest BCUT2D eigenvalue weighted by Gasteiger charge is -2.28. The molecule has 3 heteroatoms. The summed E-state index contributed by atoms with van der Waals surface area (Å²) in [6.45, 7) is 6.61. The van der Waals surface area contributed by atoms with Crippen molar-refractivity contribution >= 4 is 5.69 Å². The highest BCUT2D eigenvalue weighted by molar-refractivity contribution is 5.51. The van der Waals surface area contributed by atoms with Crippen LogP contribution in [-0.2, 0) is 18.3 Å². The first-order chi connectivity index (χ1) is 10.9. The molecule has 0 atom stereocenters. The number of ether oxygens (including phenoxy) is 2. The average Bonchev–Trinajstić information content (AvgIpc) is 2.53. The molecule has 0 radical (unpaired) electrons. The van der Waals surface area contributed by atoms with Crippen molar-refractivity contribution < 1.29 is 9.47 Å². The highest BCUT2D eigenvalue weighted by Gasteiger charge is 2.25. The number of anilines is 1. The molecule has 0 aliphatic carbocycles. The maximum Gasteiger partial charge on any atom is 0.124 e. The van der Waals surface area contributed by atoms with Crippen molar-refractivity contribution in [3.8, 4) is 11.5 Å². The van der Waals surface area contributed by atoms with Gasteiger partial charge in [-0.15, -0.1) is 0 Å². The Morgan fingerprint density at radius 2 is 1.65 bits per heavy atom. The van der Waals surface area contributed by atoms with Gasteiger partial charge in [-0.2, -0.15) is 0 Å². The zero-order chi connectivity index (χ0) is 17.0. The molecule has 0 aliphatic heterocycles. The summed E-state index contributed by atoms with van der Waals surface area (Å²) in [6, 6.07) is 12.3. The van der Waals surface area contributed by atoms with E-state index in [4.69, 9.17) is 15.2 Å². The third-order valence-electron chi connectivity index (χ3n) is 4.33. The Morgan fingerprint density at radius 1 is 0.957 bits per heavy atom. The smallest absolute Gasteiger partial charge is 0.124 e. The number of aryl methyl sites for hydroxylation is 1. The summed E-state index contributed by atoms with van der Waals surface area (Å²) >= 11 is 0. The van der Waals surface area contributed by atoms with Gasteiger partial charge in [-0.25, -0.2) is 0 Å². The van der Waals surface area contributed by atoms with E-state index in [2.05, 4.69) is 45.0 Å². The fourth-order valence-electron chi connectivity index (χ4n) is 3.09. The maximum absolute atomic E-state index is 5.87. The Labute approximate surface area is 139 Å². The van der Waals surface area contributed by atoms with Crippen LogP contribution >= 0.6 is 0 Å². The minimum Gasteiger partial charge on any atom is -0.496 e. The summed E-state index contributed by atoms with van der Waals surface area (Å²) in [5.74, 6) is 1.80. The third-order valence-corrected chi connectivity index (χ3v) is 4.33. The van der Waals surface area contributed by atoms with E-state index in [0.29, 0.717) is 0 Å². The minimum absolute atomic E-state index is 0.0569. The van der Waals surface area contributed by atoms with E-state index in [-0.39, 0.29) is 5.41 Å². The van der Waals surface area contributed by atoms with Gasteiger partial charge in [-0.3, -0.25) is 0 Å². The molecule has 0 saturated carbocycles. The molecule has 2 N–H and O–H groups in total. The van der Waals surface area contributed by atoms with Gasteiger partial charge in [0.05, 0.1) is 14.2 Å². The second-order valence-electron chi connectivity index (χ2n) is 6.52. The van der Waals surface area contributed by atoms with Gasteiger partial charge in [0, 0.05) is 17.3 Å². The van der Waals surface area contributed by atoms with Gasteiger partial charge in [0.2, 0.25) is 0 Å². The molecule has 0 bridgehead atoms. The summed E-state index contributed by atoms with van der Waals surface area (Å²) in [6.07, 6.45) is 1.88. The minimum atomic E-state index is -0.0569. The molecule has 124 valence electrons. The first kappa shape index (κ1) is 17.2. The lowest BCUT2D eigenvalue weighted by atomic mass is 9.78. The monoisotopic (exact) mass is 313 g/mol. The van der Waals surface area contributed by atoms with Crippen LogP contribution in [0.3, 0.4) is 0 Å². The Balaban J connectivity index is 2.34. The summed E-state index contributed by atoms with van der Waals surface area (Å²) in [4.78, 5) is 0. The van der Waals surface area contributed by atoms with Gasteiger partial charge in [-0.05, 0) is 41.5 Å². The molecule has 0 heterocycles. The Morgan fingerprint density at radius 3 is 2.26 bits per heavy atom. The zero-order valence-corrected chi connectivity index (χ0v) is 14.8. The Kier molecular flexibility index (Phi) is 5.19. The summed E-state index contributed by atoms with van der Waals surface area (Å²) in [5.41, 5.74) is 10.2. The van der Waals surface area contributed by atoms with Crippen LogP contribution in [-0.4, -0.2) is 14.2 Å². The lowest BCUT2D eigenvalue weighted by molar-refractivity contribution is 0.391. The number of hydrogen-bond acceptors (Lipinski definition) is 3. The number of nitrogen functional groups attached to an aromatic ring is 1. The molecule has 2 aromatic carbocycles. The maximum atomic E-state index is 5.87. The summed E-state index contributed by atoms with van der Waals surface area (Å²) in [5, 5.41) is 0. The first-order valence-electron chi connectivity index (χ1n) is 8.01. The normalized spacial score (nSPS) is 11.3. The van der Waals surface area contributed by atoms with Crippen LogP contribution in [0.25, 0.3) is 0 Å². The van der Waals surface area contributed by atoms with Crippen molar-refractivity contribution in [3.63, 3.8) is 0 Å². The topological polar surface area (TPSA) is 44.5 Å². The van der Waals surface area contributed by atoms with Crippen molar-refractivity contribution in [2.45, 2.75) is 39.0 Å². The van der Waals surface area contributed by atoms with Crippen molar-refractivity contribution in [1.29, 1.82) is 0 Å². The van der Waals surface area contributed by atoms with E-state index in [1.807, 2.05) is 12.1 Å². The van der Waals surface area contributed by atoms with Crippen LogP contribution in [0.15, 0.2) is 36.4 Å². The van der Waals surface area contributed by atoms with Gasteiger partial charge in [0.25, 0.3) is 0 Å². The molecule has 0 aromatic heterocycles. The van der Waals surface area contributed by atoms with E-state index >= 15 is 0 Å². The third kappa shape index (κ3) is 3.79. The molecule has 2 aromatic rings. The van der Waals surface area contributed by atoms with E-state index in [0.717, 1.165) is 30.0 Å². The van der Waals surface area contributed by atoms with Gasteiger partial charge < -0.3 is 15.2 Å². The number of methoxy groups -OCH3 is 2. The van der Waals surface area contributed by atoms with Crippen LogP contribution in [0.4, 0.5) is 5.69 Å². The van der Waals surface area contributed by atoms with Crippen molar-refractivity contribution in [2.75, 3.05) is 20.0 Å². The SMILES string of the molecule is CCc1cc(CC(C)(C)c2ccc(N)cc2OC)ccc1OC. The van der Waals surface area contributed by atoms with E-state index in [1.54, 1.807) is 14.2 Å². The summed E-state index contributed by atoms with van der Waals surface area (Å²) in [7, 11) is 3.41. The Hall–Kier alpha value is -2.16. The molecule has 0 amide bonds. The van der Waals surface area contributed by atoms with Crippen molar-refractivity contribution in [2.24, 2.45) is 0 Å². The standard InChI is InChI=1S/C20H27NO2/c1-6-15-11-14(7-10-18(15)22-4)13-20(2,3)17-9-8-16(21)12-19(17)23-5/h7-12H,6,13,21H2,1-5H3. The van der Waals surface area contributed by atoms with Gasteiger partial charge in [0.15, 0.2) is 0 Å². The molecular formula is C20H27NO2. The second kappa shape index (κ2) is 6.95. The molecule has 0 spiro atoms. The highest BCUT2D eigenvalue weighted by atomic mass is 16.5. The molecule has 0 saturated heterocycles. The lowest BCUT2D eigenvalue weighted by Crippen LogP contribution is -2.21. The summed E-state index contributed by atoms with van der Waals surface area (Å²) < 4.78 is 11.0. The molecule has 2 rings (SSSR count). The fourth-order valence-corrected chi connectivity index (χ4v) is 3.09. The first-order valence-corrected chi connectivity index (χ1v) is 8.01. The van der Waals surface area contributed by atoms with Gasteiger partial charge in [0.1, 0.15) is 11.5 Å². The van der Waals surface area contributed by atoms with Crippen LogP contribution in [0.5, 0.6) is 11.5 Å². The quantitative estimate of drug-likeness (QED) is 0.805. The molecule has 0 fully saturated rings. The predicted molar refractivity (Wildman–Crippen MR) is 96.5 cm³/mol. The Bertz CT molecular complexity index is 677. The number of rotatable bonds is 6. The molecule has 3 nitrogen and oxygen atoms in total. The van der Waals surface area contributed by atoms with E-state index in [9.17, 15) is 0 Å². The van der Waals surface area contributed by atoms with E-state index in [1.165, 1.54) is 16.7 Å².